The van der Waals surface area contributed by atoms with Crippen LogP contribution < -0.4 is 10.0 Å². The number of nitrogens with one attached hydrogen (secondary N) is 2. The van der Waals surface area contributed by atoms with E-state index in [0.717, 1.165) is 37.1 Å². The van der Waals surface area contributed by atoms with E-state index in [1.165, 1.54) is 18.2 Å². The van der Waals surface area contributed by atoms with Crippen LogP contribution in [-0.4, -0.2) is 32.9 Å². The molecule has 0 bridgehead atoms. The minimum absolute atomic E-state index is 0.00516. The van der Waals surface area contributed by atoms with Crippen molar-refractivity contribution in [3.63, 3.8) is 0 Å². The normalized spacial score (nSPS) is 13.7. The van der Waals surface area contributed by atoms with Crippen LogP contribution in [0.1, 0.15) is 23.2 Å². The van der Waals surface area contributed by atoms with Crippen LogP contribution >= 0.6 is 0 Å². The maximum Gasteiger partial charge on any atom is 0.340 e. The maximum atomic E-state index is 13.0. The first kappa shape index (κ1) is 18.8. The second-order valence-electron chi connectivity index (χ2n) is 6.02. The van der Waals surface area contributed by atoms with Crippen LogP contribution in [0.15, 0.2) is 53.4 Å². The summed E-state index contributed by atoms with van der Waals surface area (Å²) in [4.78, 5) is 23.7. The van der Waals surface area contributed by atoms with Gasteiger partial charge in [0.1, 0.15) is 5.82 Å². The topological polar surface area (TPSA) is 102 Å². The van der Waals surface area contributed by atoms with Gasteiger partial charge in [-0.1, -0.05) is 12.1 Å². The molecule has 9 heteroatoms. The molecule has 2 aromatic carbocycles. The Morgan fingerprint density at radius 3 is 2.41 bits per heavy atom. The molecular weight excluding hydrogens is 375 g/mol. The first-order chi connectivity index (χ1) is 12.8. The van der Waals surface area contributed by atoms with Crippen LogP contribution in [-0.2, 0) is 19.6 Å². The monoisotopic (exact) mass is 392 g/mol. The van der Waals surface area contributed by atoms with Crippen LogP contribution in [0.25, 0.3) is 0 Å². The lowest BCUT2D eigenvalue weighted by molar-refractivity contribution is -0.124. The van der Waals surface area contributed by atoms with E-state index in [0.29, 0.717) is 0 Å². The molecule has 0 spiro atoms. The maximum absolute atomic E-state index is 13.0. The predicted octanol–water partition coefficient (Wildman–Crippen LogP) is 2.06. The van der Waals surface area contributed by atoms with Gasteiger partial charge in [0.2, 0.25) is 0 Å². The lowest BCUT2D eigenvalue weighted by Crippen LogP contribution is -2.30. The molecule has 27 heavy (non-hydrogen) atoms. The zero-order valence-electron chi connectivity index (χ0n) is 14.1. The summed E-state index contributed by atoms with van der Waals surface area (Å²) in [5, 5.41) is 2.68. The lowest BCUT2D eigenvalue weighted by atomic mass is 10.2. The number of carbonyl (C=O) groups is 2. The minimum atomic E-state index is -4.03. The molecule has 0 radical (unpaired) electrons. The molecule has 1 fully saturated rings. The smallest absolute Gasteiger partial charge is 0.340 e. The third kappa shape index (κ3) is 5.04. The summed E-state index contributed by atoms with van der Waals surface area (Å²) >= 11 is 0. The number of anilines is 1. The second kappa shape index (κ2) is 7.75. The highest BCUT2D eigenvalue weighted by Crippen LogP contribution is 2.21. The standard InChI is InChI=1S/C18H17FN2O5S/c19-12-5-9-14(10-6-12)27(24,25)21-16-4-2-1-3-15(16)18(23)26-11-17(22)20-13-7-8-13/h1-6,9-10,13,21H,7-8,11H2,(H,20,22). The molecule has 3 rings (SSSR count). The molecule has 2 N–H and O–H groups in total. The van der Waals surface area contributed by atoms with Crippen molar-refractivity contribution in [3.8, 4) is 0 Å². The van der Waals surface area contributed by atoms with Crippen LogP contribution in [0.2, 0.25) is 0 Å². The van der Waals surface area contributed by atoms with Crippen molar-refractivity contribution in [2.75, 3.05) is 11.3 Å². The van der Waals surface area contributed by atoms with E-state index in [4.69, 9.17) is 4.74 Å². The molecule has 1 aliphatic carbocycles. The SMILES string of the molecule is O=C(COC(=O)c1ccccc1NS(=O)(=O)c1ccc(F)cc1)NC1CC1. The van der Waals surface area contributed by atoms with Crippen molar-refractivity contribution in [1.29, 1.82) is 0 Å². The van der Waals surface area contributed by atoms with E-state index in [1.807, 2.05) is 0 Å². The summed E-state index contributed by atoms with van der Waals surface area (Å²) in [6.45, 7) is -0.450. The fraction of sp³-hybridized carbons (Fsp3) is 0.222. The summed E-state index contributed by atoms with van der Waals surface area (Å²) in [7, 11) is -4.03. The summed E-state index contributed by atoms with van der Waals surface area (Å²) in [6.07, 6.45) is 1.82. The number of halogens is 1. The summed E-state index contributed by atoms with van der Waals surface area (Å²) in [5.41, 5.74) is -0.0446. The highest BCUT2D eigenvalue weighted by molar-refractivity contribution is 7.92. The van der Waals surface area contributed by atoms with Gasteiger partial charge in [-0.3, -0.25) is 9.52 Å². The molecule has 0 unspecified atom stereocenters. The zero-order chi connectivity index (χ0) is 19.4. The van der Waals surface area contributed by atoms with E-state index in [2.05, 4.69) is 10.0 Å². The van der Waals surface area contributed by atoms with Crippen molar-refractivity contribution >= 4 is 27.6 Å². The van der Waals surface area contributed by atoms with Crippen molar-refractivity contribution in [2.45, 2.75) is 23.8 Å². The van der Waals surface area contributed by atoms with Crippen LogP contribution in [0.3, 0.4) is 0 Å². The Morgan fingerprint density at radius 2 is 1.74 bits per heavy atom. The molecular formula is C18H17FN2O5S. The van der Waals surface area contributed by atoms with Gasteiger partial charge in [0.05, 0.1) is 16.1 Å². The third-order valence-electron chi connectivity index (χ3n) is 3.79. The minimum Gasteiger partial charge on any atom is -0.452 e. The van der Waals surface area contributed by atoms with Gasteiger partial charge in [-0.05, 0) is 49.2 Å². The molecule has 142 valence electrons. The molecule has 1 aliphatic rings. The van der Waals surface area contributed by atoms with Crippen molar-refractivity contribution in [1.82, 2.24) is 5.32 Å². The summed E-state index contributed by atoms with van der Waals surface area (Å²) in [6, 6.07) is 10.3. The number of hydrogen-bond donors (Lipinski definition) is 2. The van der Waals surface area contributed by atoms with Gasteiger partial charge in [0, 0.05) is 6.04 Å². The van der Waals surface area contributed by atoms with Crippen molar-refractivity contribution in [2.24, 2.45) is 0 Å². The van der Waals surface area contributed by atoms with Crippen LogP contribution in [0.5, 0.6) is 0 Å². The second-order valence-corrected chi connectivity index (χ2v) is 7.71. The molecule has 2 aromatic rings. The van der Waals surface area contributed by atoms with Gasteiger partial charge in [-0.2, -0.15) is 0 Å². The molecule has 0 atom stereocenters. The highest BCUT2D eigenvalue weighted by atomic mass is 32.2. The number of benzene rings is 2. The van der Waals surface area contributed by atoms with Crippen molar-refractivity contribution < 1.29 is 27.1 Å². The Morgan fingerprint density at radius 1 is 1.07 bits per heavy atom. The fourth-order valence-corrected chi connectivity index (χ4v) is 3.35. The van der Waals surface area contributed by atoms with E-state index in [9.17, 15) is 22.4 Å². The van der Waals surface area contributed by atoms with E-state index in [-0.39, 0.29) is 22.2 Å². The summed E-state index contributed by atoms with van der Waals surface area (Å²) < 4.78 is 45.1. The number of hydrogen-bond acceptors (Lipinski definition) is 5. The Kier molecular flexibility index (Phi) is 5.41. The predicted molar refractivity (Wildman–Crippen MR) is 95.1 cm³/mol. The highest BCUT2D eigenvalue weighted by Gasteiger charge is 2.24. The van der Waals surface area contributed by atoms with E-state index < -0.39 is 34.3 Å². The van der Waals surface area contributed by atoms with Crippen LogP contribution in [0.4, 0.5) is 10.1 Å². The van der Waals surface area contributed by atoms with Gasteiger partial charge in [-0.25, -0.2) is 17.6 Å². The molecule has 0 aromatic heterocycles. The zero-order valence-corrected chi connectivity index (χ0v) is 15.0. The molecule has 1 amide bonds. The van der Waals surface area contributed by atoms with Gasteiger partial charge >= 0.3 is 5.97 Å². The fourth-order valence-electron chi connectivity index (χ4n) is 2.27. The summed E-state index contributed by atoms with van der Waals surface area (Å²) in [5.74, 6) is -1.81. The average Bonchev–Trinajstić information content (AvgIpc) is 3.44. The molecule has 7 nitrogen and oxygen atoms in total. The van der Waals surface area contributed by atoms with Gasteiger partial charge < -0.3 is 10.1 Å². The van der Waals surface area contributed by atoms with Gasteiger partial charge in [0.25, 0.3) is 15.9 Å². The van der Waals surface area contributed by atoms with Crippen LogP contribution in [0, 0.1) is 5.82 Å². The first-order valence-electron chi connectivity index (χ1n) is 8.19. The third-order valence-corrected chi connectivity index (χ3v) is 5.17. The van der Waals surface area contributed by atoms with Gasteiger partial charge in [-0.15, -0.1) is 0 Å². The first-order valence-corrected chi connectivity index (χ1v) is 9.67. The number of carbonyl (C=O) groups excluding carboxylic acids is 2. The number of sulfonamides is 1. The lowest BCUT2D eigenvalue weighted by Gasteiger charge is -2.12. The van der Waals surface area contributed by atoms with Crippen molar-refractivity contribution in [3.05, 3.63) is 59.9 Å². The Bertz CT molecular complexity index is 956. The molecule has 0 heterocycles. The molecule has 0 aliphatic heterocycles. The Labute approximate surface area is 155 Å². The number of ether oxygens (including phenoxy) is 1. The Balaban J connectivity index is 1.71. The largest absolute Gasteiger partial charge is 0.452 e. The number of amides is 1. The number of para-hydroxylation sites is 1. The van der Waals surface area contributed by atoms with Gasteiger partial charge in [0.15, 0.2) is 6.61 Å². The van der Waals surface area contributed by atoms with E-state index in [1.54, 1.807) is 6.07 Å². The Hall–Kier alpha value is -2.94. The quantitative estimate of drug-likeness (QED) is 0.703. The number of rotatable bonds is 7. The number of esters is 1. The molecule has 1 saturated carbocycles. The average molecular weight is 392 g/mol. The van der Waals surface area contributed by atoms with E-state index >= 15 is 0 Å². The molecule has 0 saturated heterocycles.